The van der Waals surface area contributed by atoms with Crippen LogP contribution in [-0.4, -0.2) is 5.91 Å². The van der Waals surface area contributed by atoms with Crippen molar-refractivity contribution < 1.29 is 4.79 Å². The van der Waals surface area contributed by atoms with Crippen molar-refractivity contribution in [1.82, 2.24) is 0 Å². The number of benzene rings is 5. The molecule has 1 amide bonds. The summed E-state index contributed by atoms with van der Waals surface area (Å²) in [6.45, 7) is 24.5. The van der Waals surface area contributed by atoms with Gasteiger partial charge in [0.1, 0.15) is 0 Å². The SMILES string of the molecule is C=C(c1ccc(C(N)=O)cc1)c1cc2c(cc1C)C(C)(C)CCC2(C)C.CCC(C)c1ccccc1.Cc1ccccc1.Cc1ccccc1. The van der Waals surface area contributed by atoms with Gasteiger partial charge in [-0.3, -0.25) is 4.79 Å². The van der Waals surface area contributed by atoms with Crippen LogP contribution in [0, 0.1) is 20.8 Å². The first-order chi connectivity index (χ1) is 23.7. The molecule has 2 N–H and O–H groups in total. The maximum atomic E-state index is 11.3. The third kappa shape index (κ3) is 11.4. The quantitative estimate of drug-likeness (QED) is 0.199. The van der Waals surface area contributed by atoms with Gasteiger partial charge in [-0.05, 0) is 108 Å². The molecule has 2 nitrogen and oxygen atoms in total. The van der Waals surface area contributed by atoms with Gasteiger partial charge < -0.3 is 5.73 Å². The molecule has 1 unspecified atom stereocenters. The van der Waals surface area contributed by atoms with Gasteiger partial charge in [-0.1, -0.05) is 175 Å². The Labute approximate surface area is 303 Å². The maximum Gasteiger partial charge on any atom is 0.248 e. The van der Waals surface area contributed by atoms with Crippen LogP contribution in [0.4, 0.5) is 0 Å². The summed E-state index contributed by atoms with van der Waals surface area (Å²) >= 11 is 0. The van der Waals surface area contributed by atoms with E-state index in [1.165, 1.54) is 58.2 Å². The monoisotopic (exact) mass is 665 g/mol. The average molecular weight is 666 g/mol. The molecule has 0 spiro atoms. The van der Waals surface area contributed by atoms with E-state index in [0.717, 1.165) is 11.1 Å². The number of carbonyl (C=O) groups is 1. The lowest BCUT2D eigenvalue weighted by Crippen LogP contribution is -2.34. The summed E-state index contributed by atoms with van der Waals surface area (Å²) in [6.07, 6.45) is 3.63. The summed E-state index contributed by atoms with van der Waals surface area (Å²) in [5, 5.41) is 0. The summed E-state index contributed by atoms with van der Waals surface area (Å²) < 4.78 is 0. The van der Waals surface area contributed by atoms with Gasteiger partial charge in [-0.25, -0.2) is 0 Å². The number of hydrogen-bond acceptors (Lipinski definition) is 1. The van der Waals surface area contributed by atoms with Crippen molar-refractivity contribution in [2.45, 2.75) is 98.3 Å². The number of aryl methyl sites for hydroxylation is 3. The molecule has 0 bridgehead atoms. The molecule has 0 saturated carbocycles. The zero-order valence-corrected chi connectivity index (χ0v) is 32.0. The van der Waals surface area contributed by atoms with Gasteiger partial charge in [-0.2, -0.15) is 0 Å². The van der Waals surface area contributed by atoms with E-state index in [1.807, 2.05) is 48.5 Å². The Morgan fingerprint density at radius 3 is 1.44 bits per heavy atom. The molecule has 0 aliphatic heterocycles. The lowest BCUT2D eigenvalue weighted by molar-refractivity contribution is 0.1000. The van der Waals surface area contributed by atoms with Crippen LogP contribution in [0.25, 0.3) is 5.57 Å². The highest BCUT2D eigenvalue weighted by molar-refractivity contribution is 5.93. The molecule has 1 atom stereocenters. The predicted octanol–water partition coefficient (Wildman–Crippen LogP) is 12.7. The Kier molecular flexibility index (Phi) is 14.6. The fourth-order valence-corrected chi connectivity index (χ4v) is 6.12. The largest absolute Gasteiger partial charge is 0.366 e. The van der Waals surface area contributed by atoms with Gasteiger partial charge in [-0.15, -0.1) is 0 Å². The van der Waals surface area contributed by atoms with Gasteiger partial charge in [0.2, 0.25) is 5.91 Å². The molecule has 2 heteroatoms. The first kappa shape index (κ1) is 39.7. The van der Waals surface area contributed by atoms with E-state index in [4.69, 9.17) is 5.73 Å². The Bertz CT molecular complexity index is 1750. The molecule has 0 radical (unpaired) electrons. The van der Waals surface area contributed by atoms with Gasteiger partial charge in [0, 0.05) is 5.56 Å². The Morgan fingerprint density at radius 2 is 1.06 bits per heavy atom. The molecule has 0 heterocycles. The number of primary amides is 1. The summed E-state index contributed by atoms with van der Waals surface area (Å²) in [6, 6.07) is 43.2. The molecular formula is C48H59NO. The molecule has 0 saturated heterocycles. The standard InChI is InChI=1S/C24H29NO.C10H14.2C7H8/c1-15-13-20-21(24(5,6)12-11-23(20,3)4)14-19(15)16(2)17-7-9-18(10-8-17)22(25)26;1-3-9(2)10-7-5-4-6-8-10;2*1-7-5-3-2-4-6-7/h7-10,13-14H,2,11-12H2,1,3-6H3,(H2,25,26);4-9H,3H2,1-2H3;2*2-6H,1H3. The normalized spacial score (nSPS) is 14.1. The van der Waals surface area contributed by atoms with Crippen LogP contribution in [-0.2, 0) is 10.8 Å². The van der Waals surface area contributed by atoms with Crippen LogP contribution in [0.3, 0.4) is 0 Å². The molecule has 1 aliphatic carbocycles. The highest BCUT2D eigenvalue weighted by atomic mass is 16.1. The fraction of sp³-hybridized carbons (Fsp3) is 0.312. The average Bonchev–Trinajstić information content (AvgIpc) is 3.11. The second-order valence-electron chi connectivity index (χ2n) is 14.9. The number of nitrogens with two attached hydrogens (primary N) is 1. The summed E-state index contributed by atoms with van der Waals surface area (Å²) in [7, 11) is 0. The predicted molar refractivity (Wildman–Crippen MR) is 217 cm³/mol. The van der Waals surface area contributed by atoms with Crippen molar-refractivity contribution in [3.63, 3.8) is 0 Å². The number of amides is 1. The molecular weight excluding hydrogens is 607 g/mol. The first-order valence-corrected chi connectivity index (χ1v) is 18.0. The van der Waals surface area contributed by atoms with Gasteiger partial charge in [0.25, 0.3) is 0 Å². The molecule has 262 valence electrons. The topological polar surface area (TPSA) is 43.1 Å². The smallest absolute Gasteiger partial charge is 0.248 e. The van der Waals surface area contributed by atoms with E-state index in [1.54, 1.807) is 12.1 Å². The van der Waals surface area contributed by atoms with Gasteiger partial charge in [0.15, 0.2) is 0 Å². The van der Waals surface area contributed by atoms with Crippen molar-refractivity contribution in [3.05, 3.63) is 184 Å². The van der Waals surface area contributed by atoms with Crippen LogP contribution in [0.1, 0.15) is 122 Å². The van der Waals surface area contributed by atoms with Crippen molar-refractivity contribution in [1.29, 1.82) is 0 Å². The van der Waals surface area contributed by atoms with Crippen LogP contribution in [0.15, 0.2) is 134 Å². The molecule has 5 aromatic carbocycles. The van der Waals surface area contributed by atoms with Crippen LogP contribution < -0.4 is 5.73 Å². The molecule has 0 aromatic heterocycles. The Balaban J connectivity index is 0.000000226. The summed E-state index contributed by atoms with van der Waals surface area (Å²) in [5.74, 6) is 0.303. The van der Waals surface area contributed by atoms with E-state index in [9.17, 15) is 4.79 Å². The van der Waals surface area contributed by atoms with Gasteiger partial charge in [0.05, 0.1) is 0 Å². The molecule has 1 aliphatic rings. The minimum atomic E-state index is -0.406. The highest BCUT2D eigenvalue weighted by Crippen LogP contribution is 2.47. The number of rotatable bonds is 5. The second-order valence-corrected chi connectivity index (χ2v) is 14.9. The number of fused-ring (bicyclic) bond motifs is 1. The van der Waals surface area contributed by atoms with Crippen LogP contribution in [0.2, 0.25) is 0 Å². The maximum absolute atomic E-state index is 11.3. The highest BCUT2D eigenvalue weighted by Gasteiger charge is 2.37. The second kappa shape index (κ2) is 18.3. The van der Waals surface area contributed by atoms with E-state index in [2.05, 4.69) is 136 Å². The van der Waals surface area contributed by atoms with Gasteiger partial charge >= 0.3 is 0 Å². The minimum absolute atomic E-state index is 0.170. The fourth-order valence-electron chi connectivity index (χ4n) is 6.12. The van der Waals surface area contributed by atoms with E-state index in [-0.39, 0.29) is 10.8 Å². The summed E-state index contributed by atoms with van der Waals surface area (Å²) in [5.41, 5.74) is 17.7. The van der Waals surface area contributed by atoms with Crippen molar-refractivity contribution in [3.8, 4) is 0 Å². The van der Waals surface area contributed by atoms with Crippen molar-refractivity contribution >= 4 is 11.5 Å². The van der Waals surface area contributed by atoms with E-state index >= 15 is 0 Å². The number of carbonyl (C=O) groups excluding carboxylic acids is 1. The lowest BCUT2D eigenvalue weighted by atomic mass is 9.62. The van der Waals surface area contributed by atoms with Crippen LogP contribution >= 0.6 is 0 Å². The molecule has 6 rings (SSSR count). The van der Waals surface area contributed by atoms with Crippen LogP contribution in [0.5, 0.6) is 0 Å². The molecule has 0 fully saturated rings. The Morgan fingerprint density at radius 1 is 0.660 bits per heavy atom. The van der Waals surface area contributed by atoms with E-state index in [0.29, 0.717) is 11.5 Å². The zero-order chi connectivity index (χ0) is 36.9. The zero-order valence-electron chi connectivity index (χ0n) is 32.0. The third-order valence-corrected chi connectivity index (χ3v) is 9.90. The number of hydrogen-bond donors (Lipinski definition) is 1. The first-order valence-electron chi connectivity index (χ1n) is 18.0. The van der Waals surface area contributed by atoms with E-state index < -0.39 is 5.91 Å². The minimum Gasteiger partial charge on any atom is -0.366 e. The van der Waals surface area contributed by atoms with Crippen molar-refractivity contribution in [2.75, 3.05) is 0 Å². The molecule has 50 heavy (non-hydrogen) atoms. The Hall–Kier alpha value is -4.69. The van der Waals surface area contributed by atoms with Crippen molar-refractivity contribution in [2.24, 2.45) is 5.73 Å². The lowest BCUT2D eigenvalue weighted by Gasteiger charge is -2.42. The molecule has 5 aromatic rings. The summed E-state index contributed by atoms with van der Waals surface area (Å²) in [4.78, 5) is 11.3. The third-order valence-electron chi connectivity index (χ3n) is 9.90.